The van der Waals surface area contributed by atoms with Gasteiger partial charge in [0.25, 0.3) is 0 Å². The van der Waals surface area contributed by atoms with Crippen LogP contribution in [0.3, 0.4) is 0 Å². The van der Waals surface area contributed by atoms with Crippen LogP contribution in [-0.2, 0) is 12.5 Å². The molecule has 0 spiro atoms. The lowest BCUT2D eigenvalue weighted by Gasteiger charge is -2.13. The Hall–Kier alpha value is -1.73. The van der Waals surface area contributed by atoms with Crippen LogP contribution in [0.15, 0.2) is 24.3 Å². The van der Waals surface area contributed by atoms with E-state index in [0.717, 1.165) is 12.1 Å². The molecule has 0 N–H and O–H groups in total. The summed E-state index contributed by atoms with van der Waals surface area (Å²) >= 11 is 0. The van der Waals surface area contributed by atoms with E-state index >= 15 is 0 Å². The van der Waals surface area contributed by atoms with Crippen LogP contribution in [0, 0.1) is 0 Å². The molecule has 0 aliphatic heterocycles. The first-order chi connectivity index (χ1) is 7.71. The van der Waals surface area contributed by atoms with E-state index in [0.29, 0.717) is 0 Å². The van der Waals surface area contributed by atoms with Gasteiger partial charge in [-0.3, -0.25) is 0 Å². The van der Waals surface area contributed by atoms with E-state index in [-0.39, 0.29) is 5.52 Å². The number of nitrogens with zero attached hydrogens (tertiary/aromatic N) is 2. The first-order valence-electron chi connectivity index (χ1n) is 4.33. The smallest absolute Gasteiger partial charge is 0.230 e. The number of rotatable bonds is 0. The molecule has 8 heteroatoms. The normalized spacial score (nSPS) is 13.3. The van der Waals surface area contributed by atoms with Crippen molar-refractivity contribution in [3.63, 3.8) is 0 Å². The number of fused-ring (bicyclic) bond motifs is 1. The van der Waals surface area contributed by atoms with Crippen molar-refractivity contribution in [3.05, 3.63) is 30.1 Å². The maximum absolute atomic E-state index is 12.6. The summed E-state index contributed by atoms with van der Waals surface area (Å²) in [5.41, 5.74) is -0.968. The van der Waals surface area contributed by atoms with Crippen LogP contribution in [-0.4, -0.2) is 9.55 Å². The molecule has 0 amide bonds. The third-order valence-electron chi connectivity index (χ3n) is 2.07. The standard InChI is InChI=1S/C9H4F6N2/c10-8(11,12)7-16-5-3-1-2-4-6(5)17(7)9(13,14)15/h1-4H. The van der Waals surface area contributed by atoms with Gasteiger partial charge in [-0.25, -0.2) is 9.55 Å². The van der Waals surface area contributed by atoms with Gasteiger partial charge in [-0.2, -0.15) is 13.2 Å². The molecule has 0 bridgehead atoms. The van der Waals surface area contributed by atoms with E-state index in [9.17, 15) is 26.3 Å². The Balaban J connectivity index is 2.84. The van der Waals surface area contributed by atoms with E-state index in [1.807, 2.05) is 0 Å². The van der Waals surface area contributed by atoms with Gasteiger partial charge in [0, 0.05) is 0 Å². The molecule has 0 saturated heterocycles. The van der Waals surface area contributed by atoms with Gasteiger partial charge in [-0.1, -0.05) is 12.1 Å². The van der Waals surface area contributed by atoms with Crippen molar-refractivity contribution >= 4 is 11.0 Å². The largest absolute Gasteiger partial charge is 0.490 e. The van der Waals surface area contributed by atoms with E-state index in [2.05, 4.69) is 4.98 Å². The molecule has 0 aliphatic rings. The Morgan fingerprint density at radius 1 is 0.941 bits per heavy atom. The van der Waals surface area contributed by atoms with Gasteiger partial charge in [0.2, 0.25) is 5.82 Å². The molecular weight excluding hydrogens is 250 g/mol. The molecule has 2 nitrogen and oxygen atoms in total. The van der Waals surface area contributed by atoms with Crippen LogP contribution >= 0.6 is 0 Å². The van der Waals surface area contributed by atoms with Crippen molar-refractivity contribution in [1.82, 2.24) is 9.55 Å². The van der Waals surface area contributed by atoms with E-state index < -0.39 is 28.4 Å². The van der Waals surface area contributed by atoms with Crippen molar-refractivity contribution in [2.24, 2.45) is 0 Å². The Bertz CT molecular complexity index is 551. The highest BCUT2D eigenvalue weighted by Gasteiger charge is 2.45. The zero-order valence-electron chi connectivity index (χ0n) is 7.97. The highest BCUT2D eigenvalue weighted by molar-refractivity contribution is 5.76. The summed E-state index contributed by atoms with van der Waals surface area (Å²) in [6.07, 6.45) is -10.3. The molecule has 17 heavy (non-hydrogen) atoms. The lowest BCUT2D eigenvalue weighted by molar-refractivity contribution is -0.220. The molecule has 1 heterocycles. The Kier molecular flexibility index (Phi) is 2.33. The molecule has 1 aromatic heterocycles. The topological polar surface area (TPSA) is 17.8 Å². The minimum absolute atomic E-state index is 0.350. The Morgan fingerprint density at radius 3 is 2.06 bits per heavy atom. The zero-order valence-corrected chi connectivity index (χ0v) is 7.97. The monoisotopic (exact) mass is 254 g/mol. The summed E-state index contributed by atoms with van der Waals surface area (Å²) in [5.74, 6) is -1.97. The lowest BCUT2D eigenvalue weighted by atomic mass is 10.3. The highest BCUT2D eigenvalue weighted by Crippen LogP contribution is 2.37. The van der Waals surface area contributed by atoms with E-state index in [4.69, 9.17) is 0 Å². The highest BCUT2D eigenvalue weighted by atomic mass is 19.4. The van der Waals surface area contributed by atoms with Crippen molar-refractivity contribution in [2.45, 2.75) is 12.5 Å². The summed E-state index contributed by atoms with van der Waals surface area (Å²) in [6, 6.07) is 4.56. The third kappa shape index (κ3) is 1.94. The predicted octanol–water partition coefficient (Wildman–Crippen LogP) is 3.53. The van der Waals surface area contributed by atoms with Crippen LogP contribution in [0.5, 0.6) is 0 Å². The summed E-state index contributed by atoms with van der Waals surface area (Å²) in [5, 5.41) is 0. The zero-order chi connectivity index (χ0) is 12.8. The van der Waals surface area contributed by atoms with Gasteiger partial charge in [0.15, 0.2) is 0 Å². The number of alkyl halides is 6. The number of para-hydroxylation sites is 2. The number of halogens is 6. The number of aromatic nitrogens is 2. The molecule has 0 radical (unpaired) electrons. The van der Waals surface area contributed by atoms with Crippen LogP contribution in [0.2, 0.25) is 0 Å². The average molecular weight is 254 g/mol. The van der Waals surface area contributed by atoms with Gasteiger partial charge < -0.3 is 0 Å². The average Bonchev–Trinajstić information content (AvgIpc) is 2.54. The summed E-state index contributed by atoms with van der Waals surface area (Å²) in [6.45, 7) is 0. The Labute approximate surface area is 90.5 Å². The molecule has 0 atom stereocenters. The quantitative estimate of drug-likeness (QED) is 0.657. The number of benzene rings is 1. The number of hydrogen-bond donors (Lipinski definition) is 0. The Morgan fingerprint density at radius 2 is 1.53 bits per heavy atom. The molecular formula is C9H4F6N2. The van der Waals surface area contributed by atoms with Gasteiger partial charge >= 0.3 is 12.5 Å². The van der Waals surface area contributed by atoms with Crippen LogP contribution in [0.4, 0.5) is 26.3 Å². The summed E-state index contributed by atoms with van der Waals surface area (Å²) in [4.78, 5) is 2.97. The molecule has 0 saturated carbocycles. The lowest BCUT2D eigenvalue weighted by Crippen LogP contribution is -2.24. The molecule has 2 aromatic rings. The predicted molar refractivity (Wildman–Crippen MR) is 46.0 cm³/mol. The fourth-order valence-corrected chi connectivity index (χ4v) is 1.47. The second-order valence-corrected chi connectivity index (χ2v) is 3.23. The first-order valence-corrected chi connectivity index (χ1v) is 4.33. The summed E-state index contributed by atoms with van der Waals surface area (Å²) in [7, 11) is 0. The fraction of sp³-hybridized carbons (Fsp3) is 0.222. The molecule has 2 rings (SSSR count). The minimum Gasteiger partial charge on any atom is -0.230 e. The SMILES string of the molecule is FC(F)(F)c1nc2ccccc2n1C(F)(F)F. The third-order valence-corrected chi connectivity index (χ3v) is 2.07. The van der Waals surface area contributed by atoms with Gasteiger partial charge in [0.1, 0.15) is 0 Å². The van der Waals surface area contributed by atoms with Crippen molar-refractivity contribution in [1.29, 1.82) is 0 Å². The maximum atomic E-state index is 12.6. The van der Waals surface area contributed by atoms with Gasteiger partial charge in [-0.05, 0) is 12.1 Å². The van der Waals surface area contributed by atoms with Crippen molar-refractivity contribution in [3.8, 4) is 0 Å². The number of imidazole rings is 1. The van der Waals surface area contributed by atoms with Crippen LogP contribution in [0.25, 0.3) is 11.0 Å². The second-order valence-electron chi connectivity index (χ2n) is 3.23. The van der Waals surface area contributed by atoms with Crippen LogP contribution in [0.1, 0.15) is 5.82 Å². The van der Waals surface area contributed by atoms with Gasteiger partial charge in [0.05, 0.1) is 11.0 Å². The van der Waals surface area contributed by atoms with Crippen molar-refractivity contribution in [2.75, 3.05) is 0 Å². The molecule has 0 aliphatic carbocycles. The van der Waals surface area contributed by atoms with Crippen molar-refractivity contribution < 1.29 is 26.3 Å². The molecule has 92 valence electrons. The van der Waals surface area contributed by atoms with E-state index in [1.54, 1.807) is 0 Å². The first kappa shape index (κ1) is 11.7. The maximum Gasteiger partial charge on any atom is 0.490 e. The minimum atomic E-state index is -5.17. The van der Waals surface area contributed by atoms with Crippen LogP contribution < -0.4 is 0 Å². The summed E-state index contributed by atoms with van der Waals surface area (Å²) < 4.78 is 74.2. The molecule has 0 unspecified atom stereocenters. The van der Waals surface area contributed by atoms with Gasteiger partial charge in [-0.15, -0.1) is 13.2 Å². The molecule has 1 aromatic carbocycles. The number of hydrogen-bond acceptors (Lipinski definition) is 1. The van der Waals surface area contributed by atoms with E-state index in [1.165, 1.54) is 12.1 Å². The fourth-order valence-electron chi connectivity index (χ4n) is 1.47. The second kappa shape index (κ2) is 3.38. The molecule has 0 fully saturated rings.